The van der Waals surface area contributed by atoms with Gasteiger partial charge in [0.15, 0.2) is 5.96 Å². The SMILES string of the molecule is CC(C)CN1C(N)=NCC1(C)CC(C)C. The zero-order valence-corrected chi connectivity index (χ0v) is 10.7. The predicted molar refractivity (Wildman–Crippen MR) is 65.9 cm³/mol. The van der Waals surface area contributed by atoms with Crippen molar-refractivity contribution in [3.05, 3.63) is 0 Å². The van der Waals surface area contributed by atoms with Crippen molar-refractivity contribution in [1.29, 1.82) is 0 Å². The fourth-order valence-corrected chi connectivity index (χ4v) is 2.43. The zero-order valence-electron chi connectivity index (χ0n) is 10.7. The Kier molecular flexibility index (Phi) is 3.63. The van der Waals surface area contributed by atoms with Crippen LogP contribution in [-0.4, -0.2) is 29.5 Å². The molecule has 0 saturated carbocycles. The van der Waals surface area contributed by atoms with Crippen molar-refractivity contribution in [3.63, 3.8) is 0 Å². The maximum Gasteiger partial charge on any atom is 0.191 e. The first-order valence-corrected chi connectivity index (χ1v) is 5.92. The number of nitrogens with zero attached hydrogens (tertiary/aromatic N) is 2. The van der Waals surface area contributed by atoms with Crippen molar-refractivity contribution in [3.8, 4) is 0 Å². The molecule has 0 saturated heterocycles. The number of hydrogen-bond acceptors (Lipinski definition) is 3. The van der Waals surface area contributed by atoms with Gasteiger partial charge in [0.05, 0.1) is 12.1 Å². The van der Waals surface area contributed by atoms with Gasteiger partial charge >= 0.3 is 0 Å². The average Bonchev–Trinajstić information content (AvgIpc) is 2.31. The van der Waals surface area contributed by atoms with Crippen molar-refractivity contribution in [1.82, 2.24) is 4.90 Å². The van der Waals surface area contributed by atoms with E-state index in [-0.39, 0.29) is 5.54 Å². The standard InChI is InChI=1S/C12H25N3/c1-9(2)6-12(5)8-14-11(13)15(12)7-10(3)4/h9-10H,6-8H2,1-5H3,(H2,13,14). The third-order valence-electron chi connectivity index (χ3n) is 2.91. The maximum absolute atomic E-state index is 5.95. The molecule has 0 amide bonds. The van der Waals surface area contributed by atoms with E-state index in [1.807, 2.05) is 0 Å². The van der Waals surface area contributed by atoms with Crippen LogP contribution < -0.4 is 5.73 Å². The molecule has 3 nitrogen and oxygen atoms in total. The van der Waals surface area contributed by atoms with Crippen LogP contribution >= 0.6 is 0 Å². The highest BCUT2D eigenvalue weighted by Crippen LogP contribution is 2.29. The predicted octanol–water partition coefficient (Wildman–Crippen LogP) is 2.08. The average molecular weight is 211 g/mol. The van der Waals surface area contributed by atoms with Crippen LogP contribution in [0, 0.1) is 11.8 Å². The summed E-state index contributed by atoms with van der Waals surface area (Å²) < 4.78 is 0. The molecule has 0 fully saturated rings. The van der Waals surface area contributed by atoms with Crippen molar-refractivity contribution in [2.75, 3.05) is 13.1 Å². The Morgan fingerprint density at radius 3 is 2.40 bits per heavy atom. The summed E-state index contributed by atoms with van der Waals surface area (Å²) in [5, 5.41) is 0. The first-order valence-electron chi connectivity index (χ1n) is 5.92. The van der Waals surface area contributed by atoms with Gasteiger partial charge in [0, 0.05) is 6.54 Å². The minimum Gasteiger partial charge on any atom is -0.370 e. The Morgan fingerprint density at radius 2 is 1.93 bits per heavy atom. The molecule has 0 aromatic carbocycles. The quantitative estimate of drug-likeness (QED) is 0.773. The van der Waals surface area contributed by atoms with Crippen LogP contribution in [-0.2, 0) is 0 Å². The van der Waals surface area contributed by atoms with Crippen LogP contribution in [0.2, 0.25) is 0 Å². The van der Waals surface area contributed by atoms with Gasteiger partial charge in [-0.05, 0) is 25.2 Å². The summed E-state index contributed by atoms with van der Waals surface area (Å²) in [6, 6.07) is 0. The zero-order chi connectivity index (χ0) is 11.6. The number of aliphatic imine (C=N–C) groups is 1. The lowest BCUT2D eigenvalue weighted by Crippen LogP contribution is -2.51. The van der Waals surface area contributed by atoms with Crippen LogP contribution in [0.3, 0.4) is 0 Å². The molecule has 1 atom stereocenters. The Labute approximate surface area is 93.7 Å². The lowest BCUT2D eigenvalue weighted by atomic mass is 9.89. The molecule has 1 aliphatic rings. The van der Waals surface area contributed by atoms with Crippen LogP contribution in [0.15, 0.2) is 4.99 Å². The second kappa shape index (κ2) is 4.42. The third kappa shape index (κ3) is 2.86. The van der Waals surface area contributed by atoms with Gasteiger partial charge in [-0.15, -0.1) is 0 Å². The van der Waals surface area contributed by atoms with Gasteiger partial charge < -0.3 is 10.6 Å². The molecule has 0 radical (unpaired) electrons. The first kappa shape index (κ1) is 12.3. The summed E-state index contributed by atoms with van der Waals surface area (Å²) in [5.74, 6) is 2.04. The molecule has 1 rings (SSSR count). The Balaban J connectivity index is 2.73. The van der Waals surface area contributed by atoms with Crippen molar-refractivity contribution >= 4 is 5.96 Å². The van der Waals surface area contributed by atoms with Crippen molar-refractivity contribution in [2.24, 2.45) is 22.6 Å². The van der Waals surface area contributed by atoms with E-state index < -0.39 is 0 Å². The largest absolute Gasteiger partial charge is 0.370 e. The summed E-state index contributed by atoms with van der Waals surface area (Å²) in [6.45, 7) is 13.1. The Bertz CT molecular complexity index is 245. The monoisotopic (exact) mass is 211 g/mol. The lowest BCUT2D eigenvalue weighted by Gasteiger charge is -2.38. The topological polar surface area (TPSA) is 41.6 Å². The molecule has 0 bridgehead atoms. The van der Waals surface area contributed by atoms with Gasteiger partial charge in [-0.3, -0.25) is 4.99 Å². The highest BCUT2D eigenvalue weighted by Gasteiger charge is 2.38. The third-order valence-corrected chi connectivity index (χ3v) is 2.91. The minimum absolute atomic E-state index is 0.141. The Hall–Kier alpha value is -0.730. The van der Waals surface area contributed by atoms with E-state index in [9.17, 15) is 0 Å². The van der Waals surface area contributed by atoms with Gasteiger partial charge in [0.25, 0.3) is 0 Å². The normalized spacial score (nSPS) is 26.6. The summed E-state index contributed by atoms with van der Waals surface area (Å²) in [7, 11) is 0. The second-order valence-corrected chi connectivity index (χ2v) is 5.77. The van der Waals surface area contributed by atoms with Crippen LogP contribution in [0.1, 0.15) is 41.0 Å². The van der Waals surface area contributed by atoms with E-state index in [0.717, 1.165) is 25.5 Å². The van der Waals surface area contributed by atoms with Crippen molar-refractivity contribution in [2.45, 2.75) is 46.6 Å². The second-order valence-electron chi connectivity index (χ2n) is 5.77. The van der Waals surface area contributed by atoms with Gasteiger partial charge in [0.2, 0.25) is 0 Å². The number of hydrogen-bond donors (Lipinski definition) is 1. The molecule has 0 spiro atoms. The van der Waals surface area contributed by atoms with E-state index >= 15 is 0 Å². The van der Waals surface area contributed by atoms with E-state index in [4.69, 9.17) is 5.73 Å². The molecule has 1 unspecified atom stereocenters. The lowest BCUT2D eigenvalue weighted by molar-refractivity contribution is 0.171. The molecule has 88 valence electrons. The molecule has 0 aliphatic carbocycles. The molecule has 2 N–H and O–H groups in total. The summed E-state index contributed by atoms with van der Waals surface area (Å²) in [5.41, 5.74) is 6.10. The molecular formula is C12H25N3. The highest BCUT2D eigenvalue weighted by molar-refractivity contribution is 5.80. The molecular weight excluding hydrogens is 186 g/mol. The summed E-state index contributed by atoms with van der Waals surface area (Å²) in [6.07, 6.45) is 1.16. The number of guanidine groups is 1. The summed E-state index contributed by atoms with van der Waals surface area (Å²) in [4.78, 5) is 6.69. The van der Waals surface area contributed by atoms with Gasteiger partial charge in [-0.2, -0.15) is 0 Å². The van der Waals surface area contributed by atoms with Gasteiger partial charge in [-0.1, -0.05) is 27.7 Å². The summed E-state index contributed by atoms with van der Waals surface area (Å²) >= 11 is 0. The van der Waals surface area contributed by atoms with E-state index in [1.54, 1.807) is 0 Å². The molecule has 0 aromatic heterocycles. The van der Waals surface area contributed by atoms with Gasteiger partial charge in [0.1, 0.15) is 0 Å². The smallest absolute Gasteiger partial charge is 0.191 e. The van der Waals surface area contributed by atoms with Gasteiger partial charge in [-0.25, -0.2) is 0 Å². The molecule has 1 heterocycles. The number of rotatable bonds is 4. The minimum atomic E-state index is 0.141. The Morgan fingerprint density at radius 1 is 1.33 bits per heavy atom. The highest BCUT2D eigenvalue weighted by atomic mass is 15.3. The van der Waals surface area contributed by atoms with Crippen LogP contribution in [0.5, 0.6) is 0 Å². The van der Waals surface area contributed by atoms with Crippen LogP contribution in [0.25, 0.3) is 0 Å². The molecule has 1 aliphatic heterocycles. The molecule has 0 aromatic rings. The fourth-order valence-electron chi connectivity index (χ4n) is 2.43. The molecule has 3 heteroatoms. The van der Waals surface area contributed by atoms with Crippen LogP contribution in [0.4, 0.5) is 0 Å². The van der Waals surface area contributed by atoms with E-state index in [1.165, 1.54) is 0 Å². The number of nitrogens with two attached hydrogens (primary N) is 1. The fraction of sp³-hybridized carbons (Fsp3) is 0.917. The molecule has 15 heavy (non-hydrogen) atoms. The first-order chi connectivity index (χ1) is 6.85. The van der Waals surface area contributed by atoms with Crippen molar-refractivity contribution < 1.29 is 0 Å². The maximum atomic E-state index is 5.95. The van der Waals surface area contributed by atoms with E-state index in [2.05, 4.69) is 44.5 Å². The van der Waals surface area contributed by atoms with E-state index in [0.29, 0.717) is 11.8 Å².